The molecule has 0 aliphatic rings. The van der Waals surface area contributed by atoms with E-state index in [0.29, 0.717) is 12.8 Å². The molecule has 0 fully saturated rings. The molecule has 4 N–H and O–H groups in total. The molecule has 8 heteroatoms. The number of rotatable bonds is 36. The standard InChI is InChI=1S/C21H42O4.C19H38O4/c1-2-3-4-5-6-7-8-9-10-11-12-13-14-15-16-17-21(24)25-19-20(23)18-22;1-2-3-4-5-6-7-8-9-10-11-12-13-14-15-19(22)23-17-18(21)16-20/h20,22-23H,2-19H2,1H3;18,20-21H,2-17H2,1H3. The van der Waals surface area contributed by atoms with Crippen molar-refractivity contribution in [1.29, 1.82) is 0 Å². The van der Waals surface area contributed by atoms with E-state index in [1.807, 2.05) is 0 Å². The first-order chi connectivity index (χ1) is 23.4. The van der Waals surface area contributed by atoms with Crippen LogP contribution >= 0.6 is 0 Å². The lowest BCUT2D eigenvalue weighted by Crippen LogP contribution is -2.21. The summed E-state index contributed by atoms with van der Waals surface area (Å²) >= 11 is 0. The second kappa shape index (κ2) is 41.9. The molecular weight excluding hydrogens is 608 g/mol. The molecule has 0 radical (unpaired) electrons. The Bertz CT molecular complexity index is 645. The van der Waals surface area contributed by atoms with Crippen LogP contribution in [0.5, 0.6) is 0 Å². The van der Waals surface area contributed by atoms with Gasteiger partial charge in [-0.3, -0.25) is 9.59 Å². The zero-order valence-corrected chi connectivity index (χ0v) is 31.6. The summed E-state index contributed by atoms with van der Waals surface area (Å²) in [6, 6.07) is 0. The van der Waals surface area contributed by atoms with Crippen molar-refractivity contribution in [1.82, 2.24) is 0 Å². The maximum absolute atomic E-state index is 11.4. The van der Waals surface area contributed by atoms with Crippen LogP contribution in [-0.4, -0.2) is 71.0 Å². The van der Waals surface area contributed by atoms with Gasteiger partial charge >= 0.3 is 11.9 Å². The topological polar surface area (TPSA) is 134 Å². The second-order valence-corrected chi connectivity index (χ2v) is 13.7. The zero-order chi connectivity index (χ0) is 35.8. The van der Waals surface area contributed by atoms with Gasteiger partial charge in [0.15, 0.2) is 0 Å². The predicted molar refractivity (Wildman–Crippen MR) is 198 cm³/mol. The van der Waals surface area contributed by atoms with E-state index in [4.69, 9.17) is 29.9 Å². The Morgan fingerprint density at radius 3 is 0.812 bits per heavy atom. The highest BCUT2D eigenvalue weighted by atomic mass is 16.5. The van der Waals surface area contributed by atoms with Crippen LogP contribution in [0.4, 0.5) is 0 Å². The van der Waals surface area contributed by atoms with Gasteiger partial charge in [-0.25, -0.2) is 0 Å². The number of hydrogen-bond acceptors (Lipinski definition) is 8. The second-order valence-electron chi connectivity index (χ2n) is 13.7. The largest absolute Gasteiger partial charge is 0.463 e. The van der Waals surface area contributed by atoms with Crippen molar-refractivity contribution < 1.29 is 39.5 Å². The molecule has 2 unspecified atom stereocenters. The van der Waals surface area contributed by atoms with Crippen molar-refractivity contribution in [3.63, 3.8) is 0 Å². The fourth-order valence-electron chi connectivity index (χ4n) is 5.56. The summed E-state index contributed by atoms with van der Waals surface area (Å²) in [6.07, 6.45) is 35.2. The van der Waals surface area contributed by atoms with E-state index < -0.39 is 12.2 Å². The lowest BCUT2D eigenvalue weighted by Gasteiger charge is -2.08. The Balaban J connectivity index is 0. The van der Waals surface area contributed by atoms with Gasteiger partial charge in [0.25, 0.3) is 0 Å². The molecule has 0 spiro atoms. The smallest absolute Gasteiger partial charge is 0.305 e. The first-order valence-corrected chi connectivity index (χ1v) is 20.3. The van der Waals surface area contributed by atoms with Gasteiger partial charge in [-0.2, -0.15) is 0 Å². The maximum atomic E-state index is 11.4. The van der Waals surface area contributed by atoms with Gasteiger partial charge < -0.3 is 29.9 Å². The molecule has 48 heavy (non-hydrogen) atoms. The van der Waals surface area contributed by atoms with E-state index in [2.05, 4.69) is 13.8 Å². The SMILES string of the molecule is CCCCCCCCCCCCCCCC(=O)OCC(O)CO.CCCCCCCCCCCCCCCCCC(=O)OCC(O)CO. The fourth-order valence-corrected chi connectivity index (χ4v) is 5.56. The highest BCUT2D eigenvalue weighted by molar-refractivity contribution is 5.69. The van der Waals surface area contributed by atoms with Gasteiger partial charge in [-0.15, -0.1) is 0 Å². The average Bonchev–Trinajstić information content (AvgIpc) is 3.10. The third kappa shape index (κ3) is 42.8. The first kappa shape index (κ1) is 48.9. The number of carbonyl (C=O) groups excluding carboxylic acids is 2. The molecule has 0 aliphatic heterocycles. The van der Waals surface area contributed by atoms with Crippen molar-refractivity contribution in [3.05, 3.63) is 0 Å². The minimum atomic E-state index is -0.954. The van der Waals surface area contributed by atoms with Crippen molar-refractivity contribution in [2.45, 2.75) is 219 Å². The van der Waals surface area contributed by atoms with Crippen molar-refractivity contribution in [2.75, 3.05) is 26.4 Å². The van der Waals surface area contributed by atoms with Gasteiger partial charge in [-0.05, 0) is 12.8 Å². The maximum Gasteiger partial charge on any atom is 0.305 e. The molecule has 0 aromatic rings. The first-order valence-electron chi connectivity index (χ1n) is 20.3. The predicted octanol–water partition coefficient (Wildman–Crippen LogP) is 9.51. The van der Waals surface area contributed by atoms with Crippen LogP contribution in [0.15, 0.2) is 0 Å². The summed E-state index contributed by atoms with van der Waals surface area (Å²) in [7, 11) is 0. The van der Waals surface area contributed by atoms with Gasteiger partial charge in [-0.1, -0.05) is 181 Å². The summed E-state index contributed by atoms with van der Waals surface area (Å²) < 4.78 is 9.72. The number of ether oxygens (including phenoxy) is 2. The van der Waals surface area contributed by atoms with Crippen molar-refractivity contribution >= 4 is 11.9 Å². The third-order valence-corrected chi connectivity index (χ3v) is 8.76. The third-order valence-electron chi connectivity index (χ3n) is 8.76. The fraction of sp³-hybridized carbons (Fsp3) is 0.950. The lowest BCUT2D eigenvalue weighted by molar-refractivity contribution is -0.148. The van der Waals surface area contributed by atoms with Crippen LogP contribution < -0.4 is 0 Å². The van der Waals surface area contributed by atoms with E-state index in [0.717, 1.165) is 25.7 Å². The van der Waals surface area contributed by atoms with Crippen LogP contribution in [0, 0.1) is 0 Å². The van der Waals surface area contributed by atoms with Crippen molar-refractivity contribution in [3.8, 4) is 0 Å². The number of aliphatic hydroxyl groups is 4. The Morgan fingerprint density at radius 1 is 0.396 bits per heavy atom. The number of aliphatic hydroxyl groups excluding tert-OH is 4. The van der Waals surface area contributed by atoms with Crippen LogP contribution in [0.3, 0.4) is 0 Å². The molecule has 288 valence electrons. The zero-order valence-electron chi connectivity index (χ0n) is 31.6. The van der Waals surface area contributed by atoms with Crippen LogP contribution in [0.1, 0.15) is 206 Å². The van der Waals surface area contributed by atoms with E-state index in [1.54, 1.807) is 0 Å². The molecule has 0 saturated carbocycles. The molecule has 0 aromatic carbocycles. The molecule has 8 nitrogen and oxygen atoms in total. The number of hydrogen-bond donors (Lipinski definition) is 4. The lowest BCUT2D eigenvalue weighted by atomic mass is 10.0. The normalized spacial score (nSPS) is 12.3. The molecule has 0 saturated heterocycles. The molecule has 0 amide bonds. The number of carbonyl (C=O) groups is 2. The summed E-state index contributed by atoms with van der Waals surface area (Å²) in [5, 5.41) is 35.4. The summed E-state index contributed by atoms with van der Waals surface area (Å²) in [5.41, 5.74) is 0. The molecule has 2 atom stereocenters. The minimum Gasteiger partial charge on any atom is -0.463 e. The van der Waals surface area contributed by atoms with E-state index >= 15 is 0 Å². The van der Waals surface area contributed by atoms with Gasteiger partial charge in [0.1, 0.15) is 25.4 Å². The Hall–Kier alpha value is -1.22. The Labute approximate surface area is 296 Å². The van der Waals surface area contributed by atoms with E-state index in [-0.39, 0.29) is 38.4 Å². The molecule has 0 aliphatic carbocycles. The molecular formula is C40H80O8. The highest BCUT2D eigenvalue weighted by Crippen LogP contribution is 2.15. The molecule has 0 heterocycles. The van der Waals surface area contributed by atoms with Gasteiger partial charge in [0.2, 0.25) is 0 Å². The molecule has 0 bridgehead atoms. The van der Waals surface area contributed by atoms with Gasteiger partial charge in [0.05, 0.1) is 13.2 Å². The minimum absolute atomic E-state index is 0.103. The summed E-state index contributed by atoms with van der Waals surface area (Å²) in [5.74, 6) is -0.553. The Kier molecular flexibility index (Phi) is 42.7. The average molecular weight is 689 g/mol. The highest BCUT2D eigenvalue weighted by Gasteiger charge is 2.08. The monoisotopic (exact) mass is 689 g/mol. The van der Waals surface area contributed by atoms with Crippen LogP contribution in [-0.2, 0) is 19.1 Å². The summed E-state index contributed by atoms with van der Waals surface area (Å²) in [4.78, 5) is 22.7. The van der Waals surface area contributed by atoms with E-state index in [1.165, 1.54) is 154 Å². The van der Waals surface area contributed by atoms with Crippen molar-refractivity contribution in [2.24, 2.45) is 0 Å². The molecule has 0 rings (SSSR count). The Morgan fingerprint density at radius 2 is 0.604 bits per heavy atom. The van der Waals surface area contributed by atoms with Gasteiger partial charge in [0, 0.05) is 12.8 Å². The van der Waals surface area contributed by atoms with Crippen LogP contribution in [0.25, 0.3) is 0 Å². The van der Waals surface area contributed by atoms with E-state index in [9.17, 15) is 9.59 Å². The summed E-state index contributed by atoms with van der Waals surface area (Å²) in [6.45, 7) is 3.58. The number of unbranched alkanes of at least 4 members (excludes halogenated alkanes) is 26. The quantitative estimate of drug-likeness (QED) is 0.0378. The number of esters is 2. The van der Waals surface area contributed by atoms with Crippen LogP contribution in [0.2, 0.25) is 0 Å². The molecule has 0 aromatic heterocycles.